The summed E-state index contributed by atoms with van der Waals surface area (Å²) in [6, 6.07) is 6.61. The van der Waals surface area contributed by atoms with E-state index < -0.39 is 27.4 Å². The molecule has 1 aromatic carbocycles. The Morgan fingerprint density at radius 1 is 1.12 bits per heavy atom. The molecule has 3 aliphatic rings. The van der Waals surface area contributed by atoms with Crippen molar-refractivity contribution in [2.45, 2.75) is 73.8 Å². The molecule has 2 amide bonds. The molecule has 3 saturated heterocycles. The zero-order valence-electron chi connectivity index (χ0n) is 24.4. The summed E-state index contributed by atoms with van der Waals surface area (Å²) in [5.41, 5.74) is 0.702. The van der Waals surface area contributed by atoms with Crippen LogP contribution in [0.1, 0.15) is 58.3 Å². The quantitative estimate of drug-likeness (QED) is 0.170. The zero-order chi connectivity index (χ0) is 29.6. The number of nitrogens with zero attached hydrogens (tertiary/aromatic N) is 2. The number of methoxy groups -OCH3 is 1. The molecule has 3 heterocycles. The Bertz CT molecular complexity index is 1130. The molecule has 9 heteroatoms. The summed E-state index contributed by atoms with van der Waals surface area (Å²) in [5, 5.41) is 9.18. The number of aliphatic hydroxyl groups is 1. The van der Waals surface area contributed by atoms with Crippen LogP contribution in [-0.2, 0) is 19.1 Å². The fourth-order valence-electron chi connectivity index (χ4n) is 6.90. The zero-order valence-corrected chi connectivity index (χ0v) is 25.2. The first kappa shape index (κ1) is 31.2. The number of aliphatic hydroxyl groups excluding tert-OH is 1. The number of hydrogen-bond acceptors (Lipinski definition) is 7. The van der Waals surface area contributed by atoms with E-state index in [1.54, 1.807) is 40.8 Å². The van der Waals surface area contributed by atoms with E-state index in [1.807, 2.05) is 24.3 Å². The smallest absolute Gasteiger partial charge is 0.311 e. The van der Waals surface area contributed by atoms with Gasteiger partial charge in [0.05, 0.1) is 30.3 Å². The molecule has 1 spiro atoms. The van der Waals surface area contributed by atoms with Gasteiger partial charge < -0.3 is 24.4 Å². The lowest BCUT2D eigenvalue weighted by Crippen LogP contribution is -2.55. The van der Waals surface area contributed by atoms with Crippen molar-refractivity contribution in [3.63, 3.8) is 0 Å². The van der Waals surface area contributed by atoms with Crippen LogP contribution in [0.15, 0.2) is 49.6 Å². The van der Waals surface area contributed by atoms with Crippen molar-refractivity contribution in [2.75, 3.05) is 38.3 Å². The van der Waals surface area contributed by atoms with E-state index in [-0.39, 0.29) is 37.5 Å². The van der Waals surface area contributed by atoms with Gasteiger partial charge in [-0.25, -0.2) is 0 Å². The summed E-state index contributed by atoms with van der Waals surface area (Å²) in [7, 11) is 1.60. The van der Waals surface area contributed by atoms with E-state index in [9.17, 15) is 19.5 Å². The van der Waals surface area contributed by atoms with E-state index in [1.165, 1.54) is 0 Å². The second-order valence-electron chi connectivity index (χ2n) is 11.4. The summed E-state index contributed by atoms with van der Waals surface area (Å²) in [6.45, 7) is 10.8. The molecule has 0 aliphatic carbocycles. The van der Waals surface area contributed by atoms with E-state index in [2.05, 4.69) is 20.1 Å². The molecule has 5 atom stereocenters. The van der Waals surface area contributed by atoms with Crippen LogP contribution in [0.5, 0.6) is 5.75 Å². The Morgan fingerprint density at radius 2 is 1.85 bits per heavy atom. The summed E-state index contributed by atoms with van der Waals surface area (Å²) in [4.78, 5) is 45.9. The molecule has 3 aliphatic heterocycles. The lowest BCUT2D eigenvalue weighted by Gasteiger charge is -2.37. The fraction of sp³-hybridized carbons (Fsp3) is 0.594. The average molecular weight is 585 g/mol. The molecule has 0 aromatic heterocycles. The predicted molar refractivity (Wildman–Crippen MR) is 162 cm³/mol. The van der Waals surface area contributed by atoms with Crippen LogP contribution in [0.25, 0.3) is 0 Å². The van der Waals surface area contributed by atoms with Crippen molar-refractivity contribution >= 4 is 35.2 Å². The number of unbranched alkanes of at least 4 members (excludes halogenated alkanes) is 4. The predicted octanol–water partition coefficient (Wildman–Crippen LogP) is 4.76. The van der Waals surface area contributed by atoms with E-state index in [0.29, 0.717) is 37.2 Å². The molecule has 2 bridgehead atoms. The molecule has 1 N–H and O–H groups in total. The molecular weight excluding hydrogens is 540 g/mol. The van der Waals surface area contributed by atoms with Gasteiger partial charge in [0.15, 0.2) is 0 Å². The number of carbonyl (C=O) groups excluding carboxylic acids is 3. The molecule has 1 aromatic rings. The second kappa shape index (κ2) is 13.5. The highest BCUT2D eigenvalue weighted by molar-refractivity contribution is 8.02. The number of likely N-dealkylation sites (tertiary alicyclic amines) is 1. The Labute approximate surface area is 248 Å². The second-order valence-corrected chi connectivity index (χ2v) is 13.3. The number of hydrogen-bond donors (Lipinski definition) is 1. The third-order valence-corrected chi connectivity index (χ3v) is 10.8. The molecule has 0 radical (unpaired) electrons. The highest BCUT2D eigenvalue weighted by atomic mass is 32.2. The van der Waals surface area contributed by atoms with Crippen LogP contribution >= 0.6 is 11.8 Å². The van der Waals surface area contributed by atoms with Crippen LogP contribution in [0.2, 0.25) is 0 Å². The Morgan fingerprint density at radius 3 is 2.51 bits per heavy atom. The minimum atomic E-state index is -0.704. The lowest BCUT2D eigenvalue weighted by molar-refractivity contribution is -0.155. The molecule has 41 heavy (non-hydrogen) atoms. The number of ether oxygens (including phenoxy) is 2. The first-order chi connectivity index (χ1) is 19.8. The van der Waals surface area contributed by atoms with Gasteiger partial charge in [0.1, 0.15) is 11.8 Å². The van der Waals surface area contributed by atoms with Crippen molar-refractivity contribution in [2.24, 2.45) is 11.8 Å². The van der Waals surface area contributed by atoms with Crippen molar-refractivity contribution in [1.82, 2.24) is 4.90 Å². The van der Waals surface area contributed by atoms with Gasteiger partial charge in [-0.3, -0.25) is 14.4 Å². The SMILES string of the molecule is C=CCCCOC(=O)[C@@H]1[C@H]2C(=O)N(CCCCCCO)C(C(=O)N(CC=C)c3ccc(OC)cc3)C23CC[C@@]1(C)S3. The number of allylic oxidation sites excluding steroid dienone is 1. The third kappa shape index (κ3) is 5.93. The Hall–Kier alpha value is -2.78. The van der Waals surface area contributed by atoms with Crippen LogP contribution < -0.4 is 9.64 Å². The van der Waals surface area contributed by atoms with Gasteiger partial charge in [-0.2, -0.15) is 0 Å². The summed E-state index contributed by atoms with van der Waals surface area (Å²) < 4.78 is 9.86. The van der Waals surface area contributed by atoms with Gasteiger partial charge >= 0.3 is 5.97 Å². The average Bonchev–Trinajstić information content (AvgIpc) is 3.54. The van der Waals surface area contributed by atoms with E-state index in [0.717, 1.165) is 32.1 Å². The first-order valence-corrected chi connectivity index (χ1v) is 15.5. The number of benzene rings is 1. The summed E-state index contributed by atoms with van der Waals surface area (Å²) >= 11 is 1.65. The minimum absolute atomic E-state index is 0.122. The van der Waals surface area contributed by atoms with Crippen LogP contribution in [0.3, 0.4) is 0 Å². The van der Waals surface area contributed by atoms with Gasteiger partial charge in [0, 0.05) is 30.1 Å². The van der Waals surface area contributed by atoms with Crippen molar-refractivity contribution in [1.29, 1.82) is 0 Å². The topological polar surface area (TPSA) is 96.4 Å². The Kier molecular flexibility index (Phi) is 10.2. The van der Waals surface area contributed by atoms with Gasteiger partial charge in [0.2, 0.25) is 5.91 Å². The molecule has 8 nitrogen and oxygen atoms in total. The molecular formula is C32H44N2O6S. The summed E-state index contributed by atoms with van der Waals surface area (Å²) in [5.74, 6) is -1.13. The van der Waals surface area contributed by atoms with Crippen molar-refractivity contribution in [3.8, 4) is 5.75 Å². The largest absolute Gasteiger partial charge is 0.497 e. The molecule has 2 unspecified atom stereocenters. The number of esters is 1. The van der Waals surface area contributed by atoms with Gasteiger partial charge in [-0.1, -0.05) is 25.0 Å². The number of fused-ring (bicyclic) bond motifs is 1. The molecule has 224 valence electrons. The van der Waals surface area contributed by atoms with Crippen LogP contribution in [-0.4, -0.2) is 76.7 Å². The first-order valence-electron chi connectivity index (χ1n) is 14.7. The normalized spacial score (nSPS) is 27.9. The lowest BCUT2D eigenvalue weighted by atomic mass is 9.66. The third-order valence-electron chi connectivity index (χ3n) is 8.83. The summed E-state index contributed by atoms with van der Waals surface area (Å²) in [6.07, 6.45) is 9.49. The van der Waals surface area contributed by atoms with Gasteiger partial charge in [0.25, 0.3) is 5.91 Å². The number of anilines is 1. The van der Waals surface area contributed by atoms with Crippen LogP contribution in [0.4, 0.5) is 5.69 Å². The number of thioether (sulfide) groups is 1. The highest BCUT2D eigenvalue weighted by Gasteiger charge is 2.77. The number of carbonyl (C=O) groups is 3. The van der Waals surface area contributed by atoms with Crippen molar-refractivity contribution in [3.05, 3.63) is 49.6 Å². The van der Waals surface area contributed by atoms with Gasteiger partial charge in [-0.15, -0.1) is 24.9 Å². The maximum atomic E-state index is 14.6. The highest BCUT2D eigenvalue weighted by Crippen LogP contribution is 2.71. The molecule has 4 rings (SSSR count). The van der Waals surface area contributed by atoms with Crippen molar-refractivity contribution < 1.29 is 29.0 Å². The standard InChI is InChI=1S/C32H44N2O6S/c1-5-7-12-22-40-30(38)26-25-28(36)34(20-10-8-9-11-21-35)27(32(25)18-17-31(26,3)41-32)29(37)33(19-6-2)23-13-15-24(39-4)16-14-23/h5-6,13-16,25-27,35H,1-2,7-12,17-22H2,3-4H3/t25-,26-,27?,31+,32?/m0/s1. The van der Waals surface area contributed by atoms with E-state index in [4.69, 9.17) is 9.47 Å². The fourth-order valence-corrected chi connectivity index (χ4v) is 9.24. The Balaban J connectivity index is 1.68. The number of rotatable bonds is 16. The maximum absolute atomic E-state index is 14.6. The maximum Gasteiger partial charge on any atom is 0.311 e. The number of amides is 2. The monoisotopic (exact) mass is 584 g/mol. The van der Waals surface area contributed by atoms with Crippen LogP contribution in [0, 0.1) is 11.8 Å². The molecule has 3 fully saturated rings. The minimum Gasteiger partial charge on any atom is -0.497 e. The van der Waals surface area contributed by atoms with E-state index >= 15 is 0 Å². The molecule has 0 saturated carbocycles. The van der Waals surface area contributed by atoms with Gasteiger partial charge in [-0.05, 0) is 69.7 Å².